The number of nitrogens with zero attached hydrogens (tertiary/aromatic N) is 5. The maximum Gasteiger partial charge on any atom is 0.184 e. The molecule has 6 nitrogen and oxygen atoms in total. The summed E-state index contributed by atoms with van der Waals surface area (Å²) in [6.45, 7) is 5.22. The third-order valence-electron chi connectivity index (χ3n) is 4.19. The van der Waals surface area contributed by atoms with Gasteiger partial charge < -0.3 is 9.80 Å². The fourth-order valence-electron chi connectivity index (χ4n) is 2.97. The van der Waals surface area contributed by atoms with Crippen molar-refractivity contribution in [2.24, 2.45) is 10.7 Å². The summed E-state index contributed by atoms with van der Waals surface area (Å²) < 4.78 is 1.59. The zero-order valence-electron chi connectivity index (χ0n) is 13.1. The van der Waals surface area contributed by atoms with Gasteiger partial charge >= 0.3 is 0 Å². The smallest absolute Gasteiger partial charge is 0.184 e. The Labute approximate surface area is 142 Å². The number of aliphatic imine (C=N–C) groups is 1. The molecule has 0 aromatic heterocycles. The second-order valence-electron chi connectivity index (χ2n) is 5.59. The second kappa shape index (κ2) is 6.52. The Bertz CT molecular complexity index is 670. The molecule has 0 bridgehead atoms. The van der Waals surface area contributed by atoms with Gasteiger partial charge in [0.15, 0.2) is 6.29 Å². The molecular weight excluding hydrogens is 308 g/mol. The van der Waals surface area contributed by atoms with Crippen LogP contribution in [0.4, 0.5) is 5.69 Å². The third kappa shape index (κ3) is 3.00. The highest BCUT2D eigenvalue weighted by Crippen LogP contribution is 2.27. The molecule has 0 radical (unpaired) electrons. The molecule has 1 fully saturated rings. The number of rotatable bonds is 2. The molecule has 3 rings (SSSR count). The summed E-state index contributed by atoms with van der Waals surface area (Å²) in [5.41, 5.74) is 8.43. The molecule has 2 aliphatic rings. The molecule has 2 N–H and O–H groups in total. The van der Waals surface area contributed by atoms with E-state index in [2.05, 4.69) is 45.8 Å². The number of anilines is 1. The number of thiol groups is 1. The van der Waals surface area contributed by atoms with Gasteiger partial charge in [-0.15, -0.1) is 0 Å². The second-order valence-corrected chi connectivity index (χ2v) is 6.02. The number of benzene rings is 1. The molecule has 0 aliphatic carbocycles. The van der Waals surface area contributed by atoms with Crippen LogP contribution in [0.1, 0.15) is 6.92 Å². The average Bonchev–Trinajstić information content (AvgIpc) is 2.59. The minimum atomic E-state index is -0.558. The lowest BCUT2D eigenvalue weighted by molar-refractivity contribution is 0.239. The van der Waals surface area contributed by atoms with Gasteiger partial charge in [-0.3, -0.25) is 10.0 Å². The molecule has 1 aromatic rings. The van der Waals surface area contributed by atoms with Crippen LogP contribution in [0.3, 0.4) is 0 Å². The Morgan fingerprint density at radius 2 is 1.78 bits per heavy atom. The molecule has 7 heteroatoms. The number of nitrogens with two attached hydrogens (primary N) is 1. The van der Waals surface area contributed by atoms with Gasteiger partial charge in [0.1, 0.15) is 17.5 Å². The number of hydrogen-bond acceptors (Lipinski definition) is 7. The number of piperazine rings is 1. The van der Waals surface area contributed by atoms with Crippen molar-refractivity contribution in [3.05, 3.63) is 41.7 Å². The first kappa shape index (κ1) is 15.7. The zero-order valence-corrected chi connectivity index (χ0v) is 13.9. The van der Waals surface area contributed by atoms with E-state index in [1.54, 1.807) is 4.31 Å². The van der Waals surface area contributed by atoms with E-state index in [0.29, 0.717) is 11.3 Å². The molecular formula is C16H20N6S. The molecule has 1 atom stereocenters. The van der Waals surface area contributed by atoms with Crippen LogP contribution in [0, 0.1) is 11.3 Å². The quantitative estimate of drug-likeness (QED) is 0.803. The fourth-order valence-corrected chi connectivity index (χ4v) is 3.25. The number of allylic oxidation sites excluding steroid dienone is 1. The maximum absolute atomic E-state index is 9.47. The minimum Gasteiger partial charge on any atom is -0.368 e. The summed E-state index contributed by atoms with van der Waals surface area (Å²) in [4.78, 5) is 8.76. The molecule has 1 aromatic carbocycles. The molecule has 0 saturated carbocycles. The molecule has 2 heterocycles. The summed E-state index contributed by atoms with van der Waals surface area (Å²) >= 11 is 4.44. The lowest BCUT2D eigenvalue weighted by Crippen LogP contribution is -2.51. The van der Waals surface area contributed by atoms with Gasteiger partial charge in [0.25, 0.3) is 0 Å². The largest absolute Gasteiger partial charge is 0.368 e. The van der Waals surface area contributed by atoms with Crippen molar-refractivity contribution >= 4 is 24.2 Å². The molecule has 1 unspecified atom stereocenters. The monoisotopic (exact) mass is 328 g/mol. The SMILES string of the molecule is CC1=NC(N)N(S)C(N2CCN(c3ccccc3)CC2)=C1C#N. The van der Waals surface area contributed by atoms with E-state index in [9.17, 15) is 5.26 Å². The van der Waals surface area contributed by atoms with E-state index in [0.717, 1.165) is 32.0 Å². The van der Waals surface area contributed by atoms with Crippen LogP contribution in [-0.4, -0.2) is 47.4 Å². The maximum atomic E-state index is 9.47. The highest BCUT2D eigenvalue weighted by Gasteiger charge is 2.30. The summed E-state index contributed by atoms with van der Waals surface area (Å²) in [7, 11) is 0. The fraction of sp³-hybridized carbons (Fsp3) is 0.375. The Kier molecular flexibility index (Phi) is 4.46. The molecule has 23 heavy (non-hydrogen) atoms. The van der Waals surface area contributed by atoms with Gasteiger partial charge in [-0.1, -0.05) is 31.0 Å². The Morgan fingerprint density at radius 3 is 2.39 bits per heavy atom. The number of nitriles is 1. The summed E-state index contributed by atoms with van der Waals surface area (Å²) in [6.07, 6.45) is -0.558. The van der Waals surface area contributed by atoms with Crippen molar-refractivity contribution in [1.82, 2.24) is 9.21 Å². The topological polar surface area (TPSA) is 71.9 Å². The number of para-hydroxylation sites is 1. The van der Waals surface area contributed by atoms with E-state index in [1.165, 1.54) is 5.69 Å². The highest BCUT2D eigenvalue weighted by atomic mass is 32.1. The lowest BCUT2D eigenvalue weighted by atomic mass is 10.1. The Morgan fingerprint density at radius 1 is 1.17 bits per heavy atom. The minimum absolute atomic E-state index is 0.551. The Balaban J connectivity index is 1.79. The van der Waals surface area contributed by atoms with Crippen molar-refractivity contribution in [3.8, 4) is 6.07 Å². The number of hydrogen-bond donors (Lipinski definition) is 2. The van der Waals surface area contributed by atoms with E-state index < -0.39 is 6.29 Å². The van der Waals surface area contributed by atoms with Crippen molar-refractivity contribution in [2.75, 3.05) is 31.1 Å². The molecule has 2 aliphatic heterocycles. The van der Waals surface area contributed by atoms with E-state index >= 15 is 0 Å². The summed E-state index contributed by atoms with van der Waals surface area (Å²) in [5, 5.41) is 9.47. The van der Waals surface area contributed by atoms with Crippen LogP contribution in [-0.2, 0) is 0 Å². The first-order valence-corrected chi connectivity index (χ1v) is 7.99. The predicted octanol–water partition coefficient (Wildman–Crippen LogP) is 1.41. The average molecular weight is 328 g/mol. The molecule has 1 saturated heterocycles. The first-order valence-electron chi connectivity index (χ1n) is 7.59. The molecule has 120 valence electrons. The Hall–Kier alpha value is -2.17. The molecule has 0 spiro atoms. The van der Waals surface area contributed by atoms with Crippen molar-refractivity contribution < 1.29 is 0 Å². The highest BCUT2D eigenvalue weighted by molar-refractivity contribution is 7.77. The third-order valence-corrected chi connectivity index (χ3v) is 4.62. The van der Waals surface area contributed by atoms with Gasteiger partial charge in [0, 0.05) is 31.9 Å². The summed E-state index contributed by atoms with van der Waals surface area (Å²) in [6, 6.07) is 12.6. The zero-order chi connectivity index (χ0) is 16.4. The van der Waals surface area contributed by atoms with Crippen LogP contribution >= 0.6 is 12.8 Å². The van der Waals surface area contributed by atoms with Crippen LogP contribution < -0.4 is 10.6 Å². The van der Waals surface area contributed by atoms with Crippen molar-refractivity contribution in [3.63, 3.8) is 0 Å². The molecule has 0 amide bonds. The van der Waals surface area contributed by atoms with Crippen LogP contribution in [0.15, 0.2) is 46.7 Å². The van der Waals surface area contributed by atoms with Crippen molar-refractivity contribution in [2.45, 2.75) is 13.2 Å². The predicted molar refractivity (Wildman–Crippen MR) is 94.8 cm³/mol. The summed E-state index contributed by atoms with van der Waals surface area (Å²) in [5.74, 6) is 0.767. The van der Waals surface area contributed by atoms with Crippen LogP contribution in [0.2, 0.25) is 0 Å². The van der Waals surface area contributed by atoms with Gasteiger partial charge in [0.2, 0.25) is 0 Å². The van der Waals surface area contributed by atoms with E-state index in [4.69, 9.17) is 5.73 Å². The van der Waals surface area contributed by atoms with Gasteiger partial charge in [-0.05, 0) is 19.1 Å². The normalized spacial score (nSPS) is 22.1. The van der Waals surface area contributed by atoms with Crippen LogP contribution in [0.25, 0.3) is 0 Å². The van der Waals surface area contributed by atoms with Gasteiger partial charge in [-0.2, -0.15) is 5.26 Å². The van der Waals surface area contributed by atoms with Crippen molar-refractivity contribution in [1.29, 1.82) is 5.26 Å². The first-order chi connectivity index (χ1) is 11.1. The lowest BCUT2D eigenvalue weighted by Gasteiger charge is -2.42. The van der Waals surface area contributed by atoms with E-state index in [1.807, 2.05) is 25.1 Å². The van der Waals surface area contributed by atoms with Gasteiger partial charge in [0.05, 0.1) is 5.71 Å². The standard InChI is InChI=1S/C16H20N6S/c1-12-14(11-17)15(22(23)16(18)19-12)21-9-7-20(8-10-21)13-5-3-2-4-6-13/h2-6,16,23H,7-10,18H2,1H3. The van der Waals surface area contributed by atoms with Gasteiger partial charge in [-0.25, -0.2) is 4.99 Å². The van der Waals surface area contributed by atoms with E-state index in [-0.39, 0.29) is 0 Å². The van der Waals surface area contributed by atoms with Crippen LogP contribution in [0.5, 0.6) is 0 Å².